The zero-order chi connectivity index (χ0) is 19.1. The number of phenolic OH excluding ortho intramolecular Hbond substituents is 2. The number of hydrogen-bond donors (Lipinski definition) is 4. The number of carboxylic acid groups (broad SMARTS) is 1. The van der Waals surface area contributed by atoms with E-state index in [4.69, 9.17) is 4.74 Å². The van der Waals surface area contributed by atoms with Crippen molar-refractivity contribution in [2.75, 3.05) is 7.11 Å². The molecule has 4 N–H and O–H groups in total. The lowest BCUT2D eigenvalue weighted by molar-refractivity contribution is -0.141. The van der Waals surface area contributed by atoms with Crippen molar-refractivity contribution in [1.82, 2.24) is 5.32 Å². The smallest absolute Gasteiger partial charge is 0.326 e. The molecular weight excluding hydrogens is 338 g/mol. The Labute approximate surface area is 150 Å². The molecule has 2 rings (SSSR count). The molecule has 0 aliphatic heterocycles. The molecule has 0 aromatic heterocycles. The molecule has 0 aliphatic carbocycles. The Hall–Kier alpha value is -3.48. The second-order valence-electron chi connectivity index (χ2n) is 5.53. The standard InChI is InChI=1S/C19H19NO6/c1-26-17-11-13(4-8-16(17)22)5-9-18(23)20-15(19(24)25)10-12-2-6-14(21)7-3-12/h2-9,11,15,21-22H,10H2,1H3,(H,20,23)(H,24,25). The minimum absolute atomic E-state index is 0.0195. The van der Waals surface area contributed by atoms with Crippen LogP contribution in [0.1, 0.15) is 11.1 Å². The molecule has 0 heterocycles. The van der Waals surface area contributed by atoms with E-state index < -0.39 is 17.9 Å². The summed E-state index contributed by atoms with van der Waals surface area (Å²) >= 11 is 0. The minimum Gasteiger partial charge on any atom is -0.508 e. The Bertz CT molecular complexity index is 813. The number of hydrogen-bond acceptors (Lipinski definition) is 5. The van der Waals surface area contributed by atoms with Gasteiger partial charge in [0.25, 0.3) is 0 Å². The topological polar surface area (TPSA) is 116 Å². The summed E-state index contributed by atoms with van der Waals surface area (Å²) in [4.78, 5) is 23.4. The summed E-state index contributed by atoms with van der Waals surface area (Å²) < 4.78 is 4.98. The lowest BCUT2D eigenvalue weighted by Crippen LogP contribution is -2.41. The highest BCUT2D eigenvalue weighted by molar-refractivity contribution is 5.94. The van der Waals surface area contributed by atoms with Gasteiger partial charge in [0.2, 0.25) is 5.91 Å². The number of nitrogens with one attached hydrogen (secondary N) is 1. The van der Waals surface area contributed by atoms with Crippen LogP contribution in [0.3, 0.4) is 0 Å². The van der Waals surface area contributed by atoms with E-state index in [9.17, 15) is 24.9 Å². The molecule has 1 unspecified atom stereocenters. The van der Waals surface area contributed by atoms with Gasteiger partial charge in [-0.1, -0.05) is 18.2 Å². The van der Waals surface area contributed by atoms with Crippen molar-refractivity contribution in [1.29, 1.82) is 0 Å². The highest BCUT2D eigenvalue weighted by Gasteiger charge is 2.19. The number of carbonyl (C=O) groups is 2. The van der Waals surface area contributed by atoms with Gasteiger partial charge in [0.15, 0.2) is 11.5 Å². The van der Waals surface area contributed by atoms with E-state index in [-0.39, 0.29) is 23.7 Å². The molecule has 0 saturated carbocycles. The first kappa shape index (κ1) is 18.9. The SMILES string of the molecule is COc1cc(C=CC(=O)NC(Cc2ccc(O)cc2)C(=O)O)ccc1O. The van der Waals surface area contributed by atoms with Crippen LogP contribution in [0.15, 0.2) is 48.5 Å². The van der Waals surface area contributed by atoms with E-state index in [0.29, 0.717) is 11.1 Å². The van der Waals surface area contributed by atoms with E-state index in [1.807, 2.05) is 0 Å². The van der Waals surface area contributed by atoms with Gasteiger partial charge in [0.1, 0.15) is 11.8 Å². The number of benzene rings is 2. The number of carboxylic acids is 1. The first-order valence-corrected chi connectivity index (χ1v) is 7.75. The Morgan fingerprint density at radius 3 is 2.46 bits per heavy atom. The van der Waals surface area contributed by atoms with E-state index in [0.717, 1.165) is 0 Å². The predicted molar refractivity (Wildman–Crippen MR) is 95.1 cm³/mol. The number of ether oxygens (including phenoxy) is 1. The van der Waals surface area contributed by atoms with E-state index >= 15 is 0 Å². The van der Waals surface area contributed by atoms with Crippen molar-refractivity contribution in [2.45, 2.75) is 12.5 Å². The van der Waals surface area contributed by atoms with Crippen LogP contribution in [-0.4, -0.2) is 40.3 Å². The van der Waals surface area contributed by atoms with Crippen molar-refractivity contribution in [3.8, 4) is 17.2 Å². The third-order valence-corrected chi connectivity index (χ3v) is 3.62. The number of aromatic hydroxyl groups is 2. The van der Waals surface area contributed by atoms with Crippen molar-refractivity contribution in [2.24, 2.45) is 0 Å². The second kappa shape index (κ2) is 8.57. The number of aliphatic carboxylic acids is 1. The molecule has 0 radical (unpaired) electrons. The Kier molecular flexibility index (Phi) is 6.21. The van der Waals surface area contributed by atoms with Gasteiger partial charge in [-0.15, -0.1) is 0 Å². The predicted octanol–water partition coefficient (Wildman–Crippen LogP) is 1.93. The van der Waals surface area contributed by atoms with Crippen LogP contribution in [-0.2, 0) is 16.0 Å². The highest BCUT2D eigenvalue weighted by atomic mass is 16.5. The molecule has 7 heteroatoms. The summed E-state index contributed by atoms with van der Waals surface area (Å²) in [5, 5.41) is 30.5. The minimum atomic E-state index is -1.16. The summed E-state index contributed by atoms with van der Waals surface area (Å²) in [7, 11) is 1.41. The van der Waals surface area contributed by atoms with Gasteiger partial charge < -0.3 is 25.4 Å². The van der Waals surface area contributed by atoms with E-state index in [2.05, 4.69) is 5.32 Å². The molecule has 0 fully saturated rings. The van der Waals surface area contributed by atoms with Gasteiger partial charge in [-0.25, -0.2) is 4.79 Å². The summed E-state index contributed by atoms with van der Waals surface area (Å²) in [6.07, 6.45) is 2.78. The maximum atomic E-state index is 12.0. The monoisotopic (exact) mass is 357 g/mol. The summed E-state index contributed by atoms with van der Waals surface area (Å²) in [6, 6.07) is 9.55. The largest absolute Gasteiger partial charge is 0.508 e. The number of phenols is 2. The fourth-order valence-corrected chi connectivity index (χ4v) is 2.26. The molecule has 136 valence electrons. The Balaban J connectivity index is 2.03. The molecule has 0 saturated heterocycles. The third kappa shape index (κ3) is 5.27. The molecule has 2 aromatic carbocycles. The number of methoxy groups -OCH3 is 1. The van der Waals surface area contributed by atoms with Crippen molar-refractivity contribution in [3.63, 3.8) is 0 Å². The van der Waals surface area contributed by atoms with E-state index in [1.54, 1.807) is 24.3 Å². The van der Waals surface area contributed by atoms with E-state index in [1.165, 1.54) is 37.5 Å². The first-order valence-electron chi connectivity index (χ1n) is 7.75. The average molecular weight is 357 g/mol. The summed E-state index contributed by atoms with van der Waals surface area (Å²) in [6.45, 7) is 0. The first-order chi connectivity index (χ1) is 12.4. The van der Waals surface area contributed by atoms with Crippen molar-refractivity contribution in [3.05, 3.63) is 59.7 Å². The van der Waals surface area contributed by atoms with Crippen LogP contribution in [0.25, 0.3) is 6.08 Å². The molecule has 0 bridgehead atoms. The maximum Gasteiger partial charge on any atom is 0.326 e. The van der Waals surface area contributed by atoms with Crippen LogP contribution in [0.4, 0.5) is 0 Å². The van der Waals surface area contributed by atoms with Crippen LogP contribution in [0, 0.1) is 0 Å². The second-order valence-corrected chi connectivity index (χ2v) is 5.53. The number of amides is 1. The van der Waals surface area contributed by atoms with Crippen LogP contribution in [0.2, 0.25) is 0 Å². The molecule has 2 aromatic rings. The van der Waals surface area contributed by atoms with Gasteiger partial charge in [-0.3, -0.25) is 4.79 Å². The fraction of sp³-hybridized carbons (Fsp3) is 0.158. The third-order valence-electron chi connectivity index (χ3n) is 3.62. The van der Waals surface area contributed by atoms with Gasteiger partial charge >= 0.3 is 5.97 Å². The van der Waals surface area contributed by atoms with Gasteiger partial charge in [0.05, 0.1) is 7.11 Å². The molecule has 0 aliphatic rings. The van der Waals surface area contributed by atoms with Gasteiger partial charge in [-0.2, -0.15) is 0 Å². The van der Waals surface area contributed by atoms with Crippen molar-refractivity contribution < 1.29 is 29.6 Å². The lowest BCUT2D eigenvalue weighted by atomic mass is 10.1. The molecular formula is C19H19NO6. The highest BCUT2D eigenvalue weighted by Crippen LogP contribution is 2.26. The molecule has 1 amide bonds. The molecule has 7 nitrogen and oxygen atoms in total. The average Bonchev–Trinajstić information content (AvgIpc) is 2.62. The molecule has 1 atom stereocenters. The van der Waals surface area contributed by atoms with Crippen LogP contribution in [0.5, 0.6) is 17.2 Å². The Morgan fingerprint density at radius 2 is 1.85 bits per heavy atom. The quantitative estimate of drug-likeness (QED) is 0.563. The molecule has 0 spiro atoms. The number of rotatable bonds is 7. The Morgan fingerprint density at radius 1 is 1.15 bits per heavy atom. The van der Waals surface area contributed by atoms with Crippen LogP contribution < -0.4 is 10.1 Å². The molecule has 26 heavy (non-hydrogen) atoms. The normalized spacial score (nSPS) is 11.9. The fourth-order valence-electron chi connectivity index (χ4n) is 2.26. The lowest BCUT2D eigenvalue weighted by Gasteiger charge is -2.13. The number of carbonyl (C=O) groups excluding carboxylic acids is 1. The summed E-state index contributed by atoms with van der Waals surface area (Å²) in [5.41, 5.74) is 1.28. The zero-order valence-electron chi connectivity index (χ0n) is 14.0. The van der Waals surface area contributed by atoms with Gasteiger partial charge in [-0.05, 0) is 41.5 Å². The summed E-state index contributed by atoms with van der Waals surface area (Å²) in [5.74, 6) is -1.40. The maximum absolute atomic E-state index is 12.0. The zero-order valence-corrected chi connectivity index (χ0v) is 14.0. The van der Waals surface area contributed by atoms with Crippen LogP contribution >= 0.6 is 0 Å². The van der Waals surface area contributed by atoms with Gasteiger partial charge in [0, 0.05) is 12.5 Å². The van der Waals surface area contributed by atoms with Crippen molar-refractivity contribution >= 4 is 18.0 Å².